The van der Waals surface area contributed by atoms with Crippen LogP contribution in [0.4, 0.5) is 0 Å². The van der Waals surface area contributed by atoms with Gasteiger partial charge in [0, 0.05) is 9.50 Å². The Morgan fingerprint density at radius 1 is 1.53 bits per heavy atom. The molecule has 0 aliphatic carbocycles. The van der Waals surface area contributed by atoms with Gasteiger partial charge in [0.2, 0.25) is 0 Å². The van der Waals surface area contributed by atoms with Crippen LogP contribution in [0.3, 0.4) is 0 Å². The van der Waals surface area contributed by atoms with Gasteiger partial charge in [0.15, 0.2) is 0 Å². The molecule has 0 unspecified atom stereocenters. The molecule has 78 valence electrons. The van der Waals surface area contributed by atoms with Crippen molar-refractivity contribution in [2.75, 3.05) is 0 Å². The van der Waals surface area contributed by atoms with Crippen molar-refractivity contribution >= 4 is 27.5 Å². The predicted octanol–water partition coefficient (Wildman–Crippen LogP) is 2.28. The van der Waals surface area contributed by atoms with E-state index in [2.05, 4.69) is 26.1 Å². The minimum absolute atomic E-state index is 0.296. The van der Waals surface area contributed by atoms with Crippen molar-refractivity contribution in [1.29, 1.82) is 0 Å². The van der Waals surface area contributed by atoms with E-state index >= 15 is 0 Å². The molecule has 0 bridgehead atoms. The minimum atomic E-state index is -0.296. The highest BCUT2D eigenvalue weighted by molar-refractivity contribution is 9.10. The Balaban J connectivity index is 2.69. The number of nitrogens with zero attached hydrogens (tertiary/aromatic N) is 2. The molecule has 2 rings (SSSR count). The number of halogens is 2. The number of aromatic amines is 1. The quantitative estimate of drug-likeness (QED) is 0.875. The van der Waals surface area contributed by atoms with Crippen molar-refractivity contribution in [2.45, 2.75) is 6.92 Å². The molecule has 0 amide bonds. The monoisotopic (exact) mass is 287 g/mol. The summed E-state index contributed by atoms with van der Waals surface area (Å²) in [5, 5.41) is 6.59. The molecule has 6 heteroatoms. The Morgan fingerprint density at radius 3 is 2.87 bits per heavy atom. The first-order chi connectivity index (χ1) is 7.09. The Bertz CT molecular complexity index is 561. The molecule has 0 aliphatic heterocycles. The topological polar surface area (TPSA) is 50.7 Å². The average Bonchev–Trinajstić information content (AvgIpc) is 2.58. The van der Waals surface area contributed by atoms with Crippen molar-refractivity contribution < 1.29 is 0 Å². The van der Waals surface area contributed by atoms with E-state index in [4.69, 9.17) is 11.6 Å². The highest BCUT2D eigenvalue weighted by Gasteiger charge is 2.08. The number of aryl methyl sites for hydroxylation is 1. The van der Waals surface area contributed by atoms with Gasteiger partial charge in [-0.3, -0.25) is 0 Å². The number of rotatable bonds is 1. The third kappa shape index (κ3) is 1.85. The summed E-state index contributed by atoms with van der Waals surface area (Å²) >= 11 is 9.37. The number of hydrogen-bond donors (Lipinski definition) is 1. The molecule has 15 heavy (non-hydrogen) atoms. The SMILES string of the molecule is Cc1cc(Br)c(-n2cn[nH]c2=O)cc1Cl. The van der Waals surface area contributed by atoms with Crippen LogP contribution in [0.2, 0.25) is 5.02 Å². The third-order valence-corrected chi connectivity index (χ3v) is 3.08. The predicted molar refractivity (Wildman–Crippen MR) is 61.6 cm³/mol. The van der Waals surface area contributed by atoms with E-state index in [0.29, 0.717) is 10.7 Å². The highest BCUT2D eigenvalue weighted by Crippen LogP contribution is 2.26. The Morgan fingerprint density at radius 2 is 2.27 bits per heavy atom. The van der Waals surface area contributed by atoms with Gasteiger partial charge in [-0.05, 0) is 40.5 Å². The summed E-state index contributed by atoms with van der Waals surface area (Å²) in [7, 11) is 0. The van der Waals surface area contributed by atoms with Crippen LogP contribution in [-0.4, -0.2) is 14.8 Å². The van der Waals surface area contributed by atoms with E-state index < -0.39 is 0 Å². The van der Waals surface area contributed by atoms with Crippen LogP contribution >= 0.6 is 27.5 Å². The molecule has 0 radical (unpaired) electrons. The first-order valence-corrected chi connectivity index (χ1v) is 5.34. The molecule has 0 saturated heterocycles. The zero-order valence-electron chi connectivity index (χ0n) is 7.79. The smallest absolute Gasteiger partial charge is 0.249 e. The summed E-state index contributed by atoms with van der Waals surface area (Å²) in [6.45, 7) is 1.90. The molecule has 0 saturated carbocycles. The summed E-state index contributed by atoms with van der Waals surface area (Å²) in [5.41, 5.74) is 1.32. The van der Waals surface area contributed by atoms with Gasteiger partial charge in [-0.1, -0.05) is 11.6 Å². The van der Waals surface area contributed by atoms with Gasteiger partial charge in [-0.2, -0.15) is 5.10 Å². The van der Waals surface area contributed by atoms with E-state index in [0.717, 1.165) is 10.0 Å². The Labute approximate surface area is 99.0 Å². The molecule has 0 spiro atoms. The number of hydrogen-bond acceptors (Lipinski definition) is 2. The lowest BCUT2D eigenvalue weighted by Gasteiger charge is -2.06. The molecule has 1 aromatic carbocycles. The lowest BCUT2D eigenvalue weighted by atomic mass is 10.2. The van der Waals surface area contributed by atoms with Crippen LogP contribution in [0.15, 0.2) is 27.7 Å². The Kier molecular flexibility index (Phi) is 2.67. The summed E-state index contributed by atoms with van der Waals surface area (Å²) in [5.74, 6) is 0. The zero-order chi connectivity index (χ0) is 11.0. The van der Waals surface area contributed by atoms with Gasteiger partial charge < -0.3 is 0 Å². The molecule has 0 atom stereocenters. The number of aromatic nitrogens is 3. The molecule has 0 aliphatic rings. The molecular weight excluding hydrogens is 281 g/mol. The van der Waals surface area contributed by atoms with E-state index in [1.807, 2.05) is 13.0 Å². The van der Waals surface area contributed by atoms with Gasteiger partial charge in [-0.25, -0.2) is 14.5 Å². The van der Waals surface area contributed by atoms with Gasteiger partial charge in [0.05, 0.1) is 5.69 Å². The third-order valence-electron chi connectivity index (χ3n) is 2.04. The van der Waals surface area contributed by atoms with E-state index in [-0.39, 0.29) is 5.69 Å². The maximum atomic E-state index is 11.3. The summed E-state index contributed by atoms with van der Waals surface area (Å²) in [4.78, 5) is 11.3. The number of H-pyrrole nitrogens is 1. The zero-order valence-corrected chi connectivity index (χ0v) is 10.1. The normalized spacial score (nSPS) is 10.6. The molecule has 0 fully saturated rings. The summed E-state index contributed by atoms with van der Waals surface area (Å²) in [6.07, 6.45) is 1.41. The highest BCUT2D eigenvalue weighted by atomic mass is 79.9. The van der Waals surface area contributed by atoms with Crippen molar-refractivity contribution in [3.63, 3.8) is 0 Å². The van der Waals surface area contributed by atoms with Crippen molar-refractivity contribution in [1.82, 2.24) is 14.8 Å². The van der Waals surface area contributed by atoms with Crippen molar-refractivity contribution in [3.8, 4) is 5.69 Å². The molecular formula is C9H7BrClN3O. The lowest BCUT2D eigenvalue weighted by Crippen LogP contribution is -2.14. The molecule has 1 heterocycles. The number of benzene rings is 1. The van der Waals surface area contributed by atoms with Crippen LogP contribution in [0.1, 0.15) is 5.56 Å². The second-order valence-corrected chi connectivity index (χ2v) is 4.35. The largest absolute Gasteiger partial charge is 0.347 e. The minimum Gasteiger partial charge on any atom is -0.249 e. The van der Waals surface area contributed by atoms with Crippen LogP contribution in [0.5, 0.6) is 0 Å². The van der Waals surface area contributed by atoms with E-state index in [1.165, 1.54) is 10.9 Å². The molecule has 1 N–H and O–H groups in total. The van der Waals surface area contributed by atoms with Gasteiger partial charge in [0.25, 0.3) is 0 Å². The number of nitrogens with one attached hydrogen (secondary N) is 1. The fraction of sp³-hybridized carbons (Fsp3) is 0.111. The Hall–Kier alpha value is -1.07. The van der Waals surface area contributed by atoms with Crippen molar-refractivity contribution in [2.24, 2.45) is 0 Å². The molecule has 1 aromatic heterocycles. The summed E-state index contributed by atoms with van der Waals surface area (Å²) < 4.78 is 2.18. The fourth-order valence-corrected chi connectivity index (χ4v) is 2.05. The lowest BCUT2D eigenvalue weighted by molar-refractivity contribution is 0.977. The molecule has 4 nitrogen and oxygen atoms in total. The van der Waals surface area contributed by atoms with E-state index in [9.17, 15) is 4.79 Å². The summed E-state index contributed by atoms with van der Waals surface area (Å²) in [6, 6.07) is 3.58. The maximum absolute atomic E-state index is 11.3. The average molecular weight is 289 g/mol. The van der Waals surface area contributed by atoms with Crippen LogP contribution in [0, 0.1) is 6.92 Å². The van der Waals surface area contributed by atoms with Gasteiger partial charge in [0.1, 0.15) is 6.33 Å². The van der Waals surface area contributed by atoms with Crippen LogP contribution < -0.4 is 5.69 Å². The second-order valence-electron chi connectivity index (χ2n) is 3.08. The maximum Gasteiger partial charge on any atom is 0.347 e. The van der Waals surface area contributed by atoms with Gasteiger partial charge >= 0.3 is 5.69 Å². The standard InChI is InChI=1S/C9H7BrClN3O/c1-5-2-6(10)8(3-7(5)11)14-4-12-13-9(14)15/h2-4H,1H3,(H,13,15). The first kappa shape index (κ1) is 10.4. The second kappa shape index (κ2) is 3.83. The fourth-order valence-electron chi connectivity index (χ4n) is 1.24. The first-order valence-electron chi connectivity index (χ1n) is 4.17. The van der Waals surface area contributed by atoms with Gasteiger partial charge in [-0.15, -0.1) is 0 Å². The van der Waals surface area contributed by atoms with E-state index in [1.54, 1.807) is 6.07 Å². The van der Waals surface area contributed by atoms with Crippen LogP contribution in [0.25, 0.3) is 5.69 Å². The van der Waals surface area contributed by atoms with Crippen LogP contribution in [-0.2, 0) is 0 Å². The molecule has 2 aromatic rings. The van der Waals surface area contributed by atoms with Crippen molar-refractivity contribution in [3.05, 3.63) is 44.0 Å².